The van der Waals surface area contributed by atoms with E-state index in [1.807, 2.05) is 0 Å². The van der Waals surface area contributed by atoms with Crippen LogP contribution in [0, 0.1) is 5.41 Å². The van der Waals surface area contributed by atoms with Crippen LogP contribution in [-0.2, 0) is 16.0 Å². The Morgan fingerprint density at radius 3 is 2.53 bits per heavy atom. The summed E-state index contributed by atoms with van der Waals surface area (Å²) >= 11 is 12.0. The van der Waals surface area contributed by atoms with Crippen molar-refractivity contribution >= 4 is 46.7 Å². The predicted molar refractivity (Wildman–Crippen MR) is 74.5 cm³/mol. The molecule has 0 aliphatic rings. The molecule has 0 unspecified atom stereocenters. The first-order valence-electron chi connectivity index (χ1n) is 5.19. The summed E-state index contributed by atoms with van der Waals surface area (Å²) in [6, 6.07) is 3.06. The molecule has 6 nitrogen and oxygen atoms in total. The molecule has 0 saturated heterocycles. The Morgan fingerprint density at radius 1 is 1.37 bits per heavy atom. The quantitative estimate of drug-likeness (QED) is 0.502. The zero-order valence-electron chi connectivity index (χ0n) is 10.0. The van der Waals surface area contributed by atoms with Gasteiger partial charge in [0.05, 0.1) is 17.1 Å². The number of halogens is 2. The average Bonchev–Trinajstić information content (AvgIpc) is 2.27. The number of hydrogen-bond acceptors (Lipinski definition) is 3. The third-order valence-electron chi connectivity index (χ3n) is 2.11. The van der Waals surface area contributed by atoms with Gasteiger partial charge in [0.25, 0.3) is 0 Å². The predicted octanol–water partition coefficient (Wildman–Crippen LogP) is 1.50. The van der Waals surface area contributed by atoms with Gasteiger partial charge in [-0.3, -0.25) is 20.3 Å². The van der Waals surface area contributed by atoms with Gasteiger partial charge >= 0.3 is 0 Å². The number of carbonyl (C=O) groups is 2. The fourth-order valence-electron chi connectivity index (χ4n) is 1.40. The van der Waals surface area contributed by atoms with Crippen LogP contribution >= 0.6 is 23.2 Å². The maximum Gasteiger partial charge on any atom is 0.231 e. The molecule has 0 spiro atoms. The Labute approximate surface area is 119 Å². The summed E-state index contributed by atoms with van der Waals surface area (Å²) < 4.78 is 0. The van der Waals surface area contributed by atoms with Crippen LogP contribution in [0.3, 0.4) is 0 Å². The van der Waals surface area contributed by atoms with Crippen LogP contribution in [0.15, 0.2) is 12.1 Å². The molecule has 0 bridgehead atoms. The molecule has 19 heavy (non-hydrogen) atoms. The van der Waals surface area contributed by atoms with Crippen molar-refractivity contribution in [3.8, 4) is 0 Å². The summed E-state index contributed by atoms with van der Waals surface area (Å²) in [5.74, 6) is -1.27. The van der Waals surface area contributed by atoms with Gasteiger partial charge in [-0.05, 0) is 12.1 Å². The van der Waals surface area contributed by atoms with Crippen LogP contribution in [0.5, 0.6) is 0 Å². The Bertz CT molecular complexity index is 546. The third-order valence-corrected chi connectivity index (χ3v) is 2.89. The second-order valence-electron chi connectivity index (χ2n) is 3.71. The topological polar surface area (TPSA) is 108 Å². The van der Waals surface area contributed by atoms with E-state index in [1.54, 1.807) is 6.07 Å². The van der Waals surface area contributed by atoms with E-state index in [9.17, 15) is 9.59 Å². The molecule has 0 aliphatic heterocycles. The van der Waals surface area contributed by atoms with E-state index in [0.29, 0.717) is 11.3 Å². The molecule has 2 amide bonds. The lowest BCUT2D eigenvalue weighted by Gasteiger charge is -2.11. The minimum absolute atomic E-state index is 0.148. The Morgan fingerprint density at radius 2 is 2.00 bits per heavy atom. The Balaban J connectivity index is 3.02. The molecular formula is C11H12Cl2N4O2. The number of hydrogen-bond donors (Lipinski definition) is 4. The maximum absolute atomic E-state index is 11.5. The van der Waals surface area contributed by atoms with Crippen molar-refractivity contribution in [2.45, 2.75) is 13.3 Å². The van der Waals surface area contributed by atoms with Gasteiger partial charge in [-0.1, -0.05) is 23.2 Å². The van der Waals surface area contributed by atoms with Gasteiger partial charge in [0.15, 0.2) is 5.96 Å². The highest BCUT2D eigenvalue weighted by Gasteiger charge is 2.15. The van der Waals surface area contributed by atoms with Gasteiger partial charge < -0.3 is 11.1 Å². The van der Waals surface area contributed by atoms with E-state index in [4.69, 9.17) is 34.3 Å². The number of benzene rings is 1. The SMILES string of the molecule is CC(=O)Nc1ccc(Cl)c(CC(=O)NC(=N)N)c1Cl. The number of anilines is 1. The molecular weight excluding hydrogens is 291 g/mol. The van der Waals surface area contributed by atoms with Crippen molar-refractivity contribution in [3.05, 3.63) is 27.7 Å². The molecule has 102 valence electrons. The van der Waals surface area contributed by atoms with Crippen LogP contribution < -0.4 is 16.4 Å². The normalized spacial score (nSPS) is 9.84. The lowest BCUT2D eigenvalue weighted by molar-refractivity contribution is -0.119. The highest BCUT2D eigenvalue weighted by Crippen LogP contribution is 2.32. The van der Waals surface area contributed by atoms with Crippen LogP contribution in [0.25, 0.3) is 0 Å². The van der Waals surface area contributed by atoms with E-state index in [2.05, 4.69) is 10.6 Å². The molecule has 0 atom stereocenters. The van der Waals surface area contributed by atoms with E-state index >= 15 is 0 Å². The minimum Gasteiger partial charge on any atom is -0.370 e. The second-order valence-corrected chi connectivity index (χ2v) is 4.49. The van der Waals surface area contributed by atoms with E-state index in [0.717, 1.165) is 0 Å². The first kappa shape index (κ1) is 15.3. The first-order chi connectivity index (χ1) is 8.81. The van der Waals surface area contributed by atoms with Crippen molar-refractivity contribution in [1.29, 1.82) is 5.41 Å². The van der Waals surface area contributed by atoms with Crippen LogP contribution in [-0.4, -0.2) is 17.8 Å². The monoisotopic (exact) mass is 302 g/mol. The summed E-state index contributed by atoms with van der Waals surface area (Å²) in [7, 11) is 0. The van der Waals surface area contributed by atoms with Crippen molar-refractivity contribution in [2.75, 3.05) is 5.32 Å². The standard InChI is InChI=1S/C11H12Cl2N4O2/c1-5(18)16-8-3-2-7(12)6(10(8)13)4-9(19)17-11(14)15/h2-3H,4H2,1H3,(H,16,18)(H4,14,15,17,19). The van der Waals surface area contributed by atoms with Crippen molar-refractivity contribution < 1.29 is 9.59 Å². The lowest BCUT2D eigenvalue weighted by Crippen LogP contribution is -2.36. The molecule has 5 N–H and O–H groups in total. The molecule has 0 saturated carbocycles. The molecule has 1 aromatic rings. The van der Waals surface area contributed by atoms with Gasteiger partial charge in [-0.2, -0.15) is 0 Å². The highest BCUT2D eigenvalue weighted by atomic mass is 35.5. The largest absolute Gasteiger partial charge is 0.370 e. The highest BCUT2D eigenvalue weighted by molar-refractivity contribution is 6.38. The zero-order chi connectivity index (χ0) is 14.6. The van der Waals surface area contributed by atoms with Crippen molar-refractivity contribution in [3.63, 3.8) is 0 Å². The number of nitrogens with one attached hydrogen (secondary N) is 3. The van der Waals surface area contributed by atoms with Crippen LogP contribution in [0.4, 0.5) is 5.69 Å². The molecule has 8 heteroatoms. The van der Waals surface area contributed by atoms with E-state index in [1.165, 1.54) is 13.0 Å². The minimum atomic E-state index is -0.517. The van der Waals surface area contributed by atoms with E-state index < -0.39 is 11.9 Å². The average molecular weight is 303 g/mol. The molecule has 1 rings (SSSR count). The van der Waals surface area contributed by atoms with Gasteiger partial charge in [0.2, 0.25) is 11.8 Å². The van der Waals surface area contributed by atoms with Crippen molar-refractivity contribution in [1.82, 2.24) is 5.32 Å². The van der Waals surface area contributed by atoms with E-state index in [-0.39, 0.29) is 22.4 Å². The number of rotatable bonds is 3. The number of carbonyl (C=O) groups excluding carboxylic acids is 2. The smallest absolute Gasteiger partial charge is 0.231 e. The van der Waals surface area contributed by atoms with Gasteiger partial charge in [-0.15, -0.1) is 0 Å². The molecule has 1 aromatic carbocycles. The third kappa shape index (κ3) is 4.42. The maximum atomic E-state index is 11.5. The summed E-state index contributed by atoms with van der Waals surface area (Å²) in [6.07, 6.45) is -0.148. The molecule has 0 aliphatic carbocycles. The zero-order valence-corrected chi connectivity index (χ0v) is 11.5. The lowest BCUT2D eigenvalue weighted by atomic mass is 10.1. The summed E-state index contributed by atoms with van der Waals surface area (Å²) in [6.45, 7) is 1.34. The number of guanidine groups is 1. The van der Waals surface area contributed by atoms with Crippen molar-refractivity contribution in [2.24, 2.45) is 5.73 Å². The molecule has 0 fully saturated rings. The number of nitrogens with two attached hydrogens (primary N) is 1. The van der Waals surface area contributed by atoms with Gasteiger partial charge in [0.1, 0.15) is 0 Å². The fraction of sp³-hybridized carbons (Fsp3) is 0.182. The van der Waals surface area contributed by atoms with Gasteiger partial charge in [0, 0.05) is 17.5 Å². The first-order valence-corrected chi connectivity index (χ1v) is 5.95. The Kier molecular flexibility index (Phi) is 5.14. The van der Waals surface area contributed by atoms with Crippen LogP contribution in [0.1, 0.15) is 12.5 Å². The van der Waals surface area contributed by atoms with Gasteiger partial charge in [-0.25, -0.2) is 0 Å². The summed E-state index contributed by atoms with van der Waals surface area (Å²) in [5, 5.41) is 12.1. The Hall–Kier alpha value is -1.79. The molecule has 0 heterocycles. The molecule has 0 radical (unpaired) electrons. The molecule has 0 aromatic heterocycles. The second kappa shape index (κ2) is 6.40. The van der Waals surface area contributed by atoms with Crippen LogP contribution in [0.2, 0.25) is 10.0 Å². The number of amides is 2. The summed E-state index contributed by atoms with van der Waals surface area (Å²) in [5.41, 5.74) is 5.77. The fourth-order valence-corrected chi connectivity index (χ4v) is 1.95. The summed E-state index contributed by atoms with van der Waals surface area (Å²) in [4.78, 5) is 22.5.